The molecule has 2 heterocycles. The number of nitrogens with zero attached hydrogens (tertiary/aromatic N) is 2. The van der Waals surface area contributed by atoms with E-state index >= 15 is 0 Å². The molecule has 0 saturated carbocycles. The van der Waals surface area contributed by atoms with Crippen molar-refractivity contribution in [2.75, 3.05) is 6.61 Å². The summed E-state index contributed by atoms with van der Waals surface area (Å²) in [6.45, 7) is 3.69. The van der Waals surface area contributed by atoms with Crippen LogP contribution in [-0.4, -0.2) is 40.5 Å². The van der Waals surface area contributed by atoms with Crippen molar-refractivity contribution in [2.45, 2.75) is 32.0 Å². The van der Waals surface area contributed by atoms with Gasteiger partial charge in [-0.25, -0.2) is 9.59 Å². The maximum atomic E-state index is 11.6. The summed E-state index contributed by atoms with van der Waals surface area (Å²) in [6, 6.07) is 31.0. The Morgan fingerprint density at radius 3 is 2.13 bits per heavy atom. The Hall–Kier alpha value is -5.35. The van der Waals surface area contributed by atoms with E-state index < -0.39 is 23.6 Å². The normalized spacial score (nSPS) is 13.9. The van der Waals surface area contributed by atoms with E-state index in [1.54, 1.807) is 56.3 Å². The van der Waals surface area contributed by atoms with E-state index in [1.807, 2.05) is 60.7 Å². The molecule has 1 atom stereocenters. The Balaban J connectivity index is 0.000000182. The number of ether oxygens (including phenoxy) is 3. The molecule has 4 aromatic carbocycles. The van der Waals surface area contributed by atoms with Crippen LogP contribution in [0.3, 0.4) is 0 Å². The zero-order chi connectivity index (χ0) is 31.8. The monoisotopic (exact) mass is 628 g/mol. The van der Waals surface area contributed by atoms with Crippen LogP contribution in [0.2, 0.25) is 5.02 Å². The van der Waals surface area contributed by atoms with E-state index in [9.17, 15) is 9.59 Å². The van der Waals surface area contributed by atoms with E-state index in [0.29, 0.717) is 34.2 Å². The van der Waals surface area contributed by atoms with Crippen molar-refractivity contribution < 1.29 is 38.2 Å². The lowest BCUT2D eigenvalue weighted by Gasteiger charge is -2.27. The average Bonchev–Trinajstić information content (AvgIpc) is 3.68. The van der Waals surface area contributed by atoms with Gasteiger partial charge >= 0.3 is 18.0 Å². The molecular formula is C34H29ClN2O8. The molecule has 0 fully saturated rings. The Morgan fingerprint density at radius 2 is 1.56 bits per heavy atom. The third-order valence-electron chi connectivity index (χ3n) is 6.75. The minimum absolute atomic E-state index is 0.0395. The quantitative estimate of drug-likeness (QED) is 0.166. The SMILES string of the molecule is CCOC(=O)[C@@H](C)Oc1ccc(Oc2nc3ccc(Cl)cc3o2)cc1.O=C(O)C1=NOC(c2ccccc2)(c2ccccc2)C1. The molecule has 0 spiro atoms. The van der Waals surface area contributed by atoms with Gasteiger partial charge in [0.25, 0.3) is 0 Å². The lowest BCUT2D eigenvalue weighted by atomic mass is 9.82. The van der Waals surface area contributed by atoms with Crippen LogP contribution in [0.4, 0.5) is 0 Å². The molecule has 11 heteroatoms. The van der Waals surface area contributed by atoms with E-state index in [1.165, 1.54) is 0 Å². The van der Waals surface area contributed by atoms with Gasteiger partial charge in [-0.05, 0) is 50.2 Å². The van der Waals surface area contributed by atoms with Crippen molar-refractivity contribution >= 4 is 40.4 Å². The third kappa shape index (κ3) is 7.42. The number of carboxylic acid groups (broad SMARTS) is 1. The highest BCUT2D eigenvalue weighted by atomic mass is 35.5. The Bertz CT molecular complexity index is 1750. The maximum Gasteiger partial charge on any atom is 0.400 e. The summed E-state index contributed by atoms with van der Waals surface area (Å²) < 4.78 is 21.5. The van der Waals surface area contributed by atoms with E-state index in [2.05, 4.69) is 10.1 Å². The van der Waals surface area contributed by atoms with Crippen molar-refractivity contribution in [2.24, 2.45) is 5.16 Å². The lowest BCUT2D eigenvalue weighted by molar-refractivity contribution is -0.150. The highest BCUT2D eigenvalue weighted by Crippen LogP contribution is 2.41. The molecule has 0 amide bonds. The van der Waals surface area contributed by atoms with Gasteiger partial charge in [0, 0.05) is 22.2 Å². The molecule has 5 aromatic rings. The molecule has 10 nitrogen and oxygen atoms in total. The summed E-state index contributed by atoms with van der Waals surface area (Å²) in [5.41, 5.74) is 2.18. The number of benzene rings is 4. The first-order chi connectivity index (χ1) is 21.8. The molecule has 230 valence electrons. The summed E-state index contributed by atoms with van der Waals surface area (Å²) in [6.07, 6.45) is -0.351. The fourth-order valence-electron chi connectivity index (χ4n) is 4.56. The number of hydrogen-bond donors (Lipinski definition) is 1. The van der Waals surface area contributed by atoms with Gasteiger partial charge in [0.05, 0.1) is 13.0 Å². The van der Waals surface area contributed by atoms with Gasteiger partial charge in [-0.2, -0.15) is 4.98 Å². The fraction of sp³-hybridized carbons (Fsp3) is 0.176. The molecule has 45 heavy (non-hydrogen) atoms. The molecule has 1 aliphatic heterocycles. The predicted octanol–water partition coefficient (Wildman–Crippen LogP) is 7.40. The number of esters is 1. The second-order valence-corrected chi connectivity index (χ2v) is 10.3. The van der Waals surface area contributed by atoms with E-state index in [-0.39, 0.29) is 18.2 Å². The summed E-state index contributed by atoms with van der Waals surface area (Å²) in [7, 11) is 0. The van der Waals surface area contributed by atoms with Crippen molar-refractivity contribution in [1.82, 2.24) is 4.98 Å². The Labute approximate surface area is 263 Å². The van der Waals surface area contributed by atoms with Crippen LogP contribution in [0, 0.1) is 0 Å². The number of hydrogen-bond acceptors (Lipinski definition) is 9. The van der Waals surface area contributed by atoms with Crippen LogP contribution in [-0.2, 0) is 24.8 Å². The van der Waals surface area contributed by atoms with Gasteiger partial charge in [0.1, 0.15) is 17.0 Å². The second-order valence-electron chi connectivity index (χ2n) is 9.85. The topological polar surface area (TPSA) is 130 Å². The highest BCUT2D eigenvalue weighted by molar-refractivity contribution is 6.36. The number of oxazole rings is 1. The fourth-order valence-corrected chi connectivity index (χ4v) is 4.72. The van der Waals surface area contributed by atoms with Crippen LogP contribution in [0.15, 0.2) is 113 Å². The number of fused-ring (bicyclic) bond motifs is 1. The number of rotatable bonds is 9. The molecule has 0 unspecified atom stereocenters. The average molecular weight is 629 g/mol. The van der Waals surface area contributed by atoms with Crippen LogP contribution in [0.5, 0.6) is 17.6 Å². The summed E-state index contributed by atoms with van der Waals surface area (Å²) in [4.78, 5) is 32.5. The molecule has 1 N–H and O–H groups in total. The molecule has 0 saturated heterocycles. The first kappa shape index (κ1) is 31.1. The number of halogens is 1. The number of oxime groups is 1. The van der Waals surface area contributed by atoms with Gasteiger partial charge in [0.2, 0.25) is 0 Å². The molecule has 1 aliphatic rings. The number of carbonyl (C=O) groups is 2. The van der Waals surface area contributed by atoms with Gasteiger partial charge in [-0.3, -0.25) is 0 Å². The lowest BCUT2D eigenvalue weighted by Crippen LogP contribution is -2.29. The van der Waals surface area contributed by atoms with E-state index in [4.69, 9.17) is 40.2 Å². The number of aliphatic carboxylic acids is 1. The van der Waals surface area contributed by atoms with Gasteiger partial charge in [-0.15, -0.1) is 0 Å². The first-order valence-corrected chi connectivity index (χ1v) is 14.4. The summed E-state index contributed by atoms with van der Waals surface area (Å²) >= 11 is 5.91. The molecule has 1 aromatic heterocycles. The molecule has 0 bridgehead atoms. The van der Waals surface area contributed by atoms with Crippen LogP contribution in [0.1, 0.15) is 31.4 Å². The third-order valence-corrected chi connectivity index (χ3v) is 6.98. The standard InChI is InChI=1S/C18H16ClNO5.C16H13NO3/c1-3-22-17(21)11(2)23-13-5-7-14(8-6-13)24-18-20-15-9-4-12(19)10-16(15)25-18;18-15(19)14-11-16(20-17-14,12-7-3-1-4-8-12)13-9-5-2-6-10-13/h4-11H,3H2,1-2H3;1-10H,11H2,(H,18,19)/t11-;/m1./s1. The zero-order valence-electron chi connectivity index (χ0n) is 24.4. The largest absolute Gasteiger partial charge is 0.479 e. The minimum atomic E-state index is -1.04. The summed E-state index contributed by atoms with van der Waals surface area (Å²) in [5, 5.41) is 13.4. The van der Waals surface area contributed by atoms with Crippen LogP contribution < -0.4 is 9.47 Å². The van der Waals surface area contributed by atoms with E-state index in [0.717, 1.165) is 11.1 Å². The van der Waals surface area contributed by atoms with Crippen molar-refractivity contribution in [1.29, 1.82) is 0 Å². The van der Waals surface area contributed by atoms with Crippen LogP contribution in [0.25, 0.3) is 11.1 Å². The molecule has 0 radical (unpaired) electrons. The molecular weight excluding hydrogens is 600 g/mol. The van der Waals surface area contributed by atoms with Gasteiger partial charge in [0.15, 0.2) is 23.0 Å². The molecule has 0 aliphatic carbocycles. The zero-order valence-corrected chi connectivity index (χ0v) is 25.1. The molecule has 6 rings (SSSR count). The Morgan fingerprint density at radius 1 is 0.933 bits per heavy atom. The minimum Gasteiger partial charge on any atom is -0.479 e. The number of aromatic nitrogens is 1. The Kier molecular flexibility index (Phi) is 9.64. The van der Waals surface area contributed by atoms with Crippen molar-refractivity contribution in [3.8, 4) is 17.6 Å². The van der Waals surface area contributed by atoms with Crippen LogP contribution >= 0.6 is 11.6 Å². The van der Waals surface area contributed by atoms with Crippen molar-refractivity contribution in [3.63, 3.8) is 0 Å². The first-order valence-electron chi connectivity index (χ1n) is 14.0. The second kappa shape index (κ2) is 14.0. The highest BCUT2D eigenvalue weighted by Gasteiger charge is 2.44. The van der Waals surface area contributed by atoms with Gasteiger partial charge < -0.3 is 28.6 Å². The smallest absolute Gasteiger partial charge is 0.400 e. The number of carboxylic acids is 1. The summed E-state index contributed by atoms with van der Waals surface area (Å²) in [5.74, 6) is -0.405. The maximum absolute atomic E-state index is 11.6. The van der Waals surface area contributed by atoms with Gasteiger partial charge in [-0.1, -0.05) is 77.4 Å². The van der Waals surface area contributed by atoms with Crippen molar-refractivity contribution in [3.05, 3.63) is 119 Å². The predicted molar refractivity (Wildman–Crippen MR) is 167 cm³/mol. The number of carbonyl (C=O) groups excluding carboxylic acids is 1.